The third-order valence-electron chi connectivity index (χ3n) is 1.72. The Hall–Kier alpha value is -1.97. The van der Waals surface area contributed by atoms with Gasteiger partial charge >= 0.3 is 5.97 Å². The van der Waals surface area contributed by atoms with Gasteiger partial charge in [-0.05, 0) is 30.7 Å². The van der Waals surface area contributed by atoms with Crippen LogP contribution in [-0.2, 0) is 4.79 Å². The van der Waals surface area contributed by atoms with Crippen LogP contribution in [0.3, 0.4) is 0 Å². The molecule has 0 unspecified atom stereocenters. The molecule has 0 aliphatic heterocycles. The third-order valence-corrected chi connectivity index (χ3v) is 1.72. The zero-order valence-electron chi connectivity index (χ0n) is 7.56. The van der Waals surface area contributed by atoms with Gasteiger partial charge < -0.3 is 15.3 Å². The lowest BCUT2D eigenvalue weighted by Crippen LogP contribution is -1.86. The first-order valence-electron chi connectivity index (χ1n) is 3.94. The molecule has 0 bridgehead atoms. The fraction of sp³-hybridized carbons (Fsp3) is 0.100. The zero-order chi connectivity index (χ0) is 10.7. The predicted octanol–water partition coefficient (Wildman–Crippen LogP) is 1.50. The fourth-order valence-corrected chi connectivity index (χ4v) is 1.08. The van der Waals surface area contributed by atoms with E-state index < -0.39 is 5.97 Å². The van der Waals surface area contributed by atoms with E-state index in [-0.39, 0.29) is 17.1 Å². The van der Waals surface area contributed by atoms with E-state index in [2.05, 4.69) is 0 Å². The van der Waals surface area contributed by atoms with Gasteiger partial charge in [0.1, 0.15) is 11.5 Å². The Balaban J connectivity index is 3.14. The van der Waals surface area contributed by atoms with Gasteiger partial charge in [-0.15, -0.1) is 0 Å². The second kappa shape index (κ2) is 3.83. The van der Waals surface area contributed by atoms with Crippen molar-refractivity contribution in [2.75, 3.05) is 0 Å². The topological polar surface area (TPSA) is 77.8 Å². The lowest BCUT2D eigenvalue weighted by Gasteiger charge is -2.03. The maximum atomic E-state index is 10.2. The minimum absolute atomic E-state index is 0.00895. The van der Waals surface area contributed by atoms with Crippen LogP contribution in [-0.4, -0.2) is 21.3 Å². The molecule has 0 aliphatic carbocycles. The quantitative estimate of drug-likeness (QED) is 0.492. The van der Waals surface area contributed by atoms with Crippen LogP contribution in [0.25, 0.3) is 6.08 Å². The Kier molecular flexibility index (Phi) is 2.76. The van der Waals surface area contributed by atoms with Gasteiger partial charge in [-0.3, -0.25) is 0 Å². The summed E-state index contributed by atoms with van der Waals surface area (Å²) < 4.78 is 0. The molecule has 1 aromatic carbocycles. The monoisotopic (exact) mass is 194 g/mol. The number of benzene rings is 1. The van der Waals surface area contributed by atoms with Crippen molar-refractivity contribution in [1.82, 2.24) is 0 Å². The summed E-state index contributed by atoms with van der Waals surface area (Å²) in [5.41, 5.74) is 0.778. The summed E-state index contributed by atoms with van der Waals surface area (Å²) >= 11 is 0. The molecular formula is C10H10O4. The Labute approximate surface area is 80.7 Å². The summed E-state index contributed by atoms with van der Waals surface area (Å²) in [5, 5.41) is 27.0. The Bertz CT molecular complexity index is 393. The molecule has 0 aliphatic rings. The Morgan fingerprint density at radius 1 is 1.36 bits per heavy atom. The molecule has 4 heteroatoms. The van der Waals surface area contributed by atoms with Crippen LogP contribution in [0.1, 0.15) is 11.1 Å². The van der Waals surface area contributed by atoms with E-state index in [1.165, 1.54) is 18.2 Å². The smallest absolute Gasteiger partial charge is 0.328 e. The van der Waals surface area contributed by atoms with Crippen molar-refractivity contribution >= 4 is 12.0 Å². The van der Waals surface area contributed by atoms with Gasteiger partial charge in [0.15, 0.2) is 0 Å². The Morgan fingerprint density at radius 2 is 2.00 bits per heavy atom. The molecule has 14 heavy (non-hydrogen) atoms. The fourth-order valence-electron chi connectivity index (χ4n) is 1.08. The van der Waals surface area contributed by atoms with Gasteiger partial charge in [-0.25, -0.2) is 4.79 Å². The van der Waals surface area contributed by atoms with Crippen LogP contribution in [0, 0.1) is 6.92 Å². The van der Waals surface area contributed by atoms with Crippen LogP contribution in [0.4, 0.5) is 0 Å². The first-order valence-corrected chi connectivity index (χ1v) is 3.94. The van der Waals surface area contributed by atoms with Gasteiger partial charge in [0.05, 0.1) is 0 Å². The summed E-state index contributed by atoms with van der Waals surface area (Å²) in [6.07, 6.45) is 2.12. The highest BCUT2D eigenvalue weighted by atomic mass is 16.4. The number of aliphatic carboxylic acids is 1. The number of hydrogen-bond acceptors (Lipinski definition) is 3. The molecule has 1 rings (SSSR count). The van der Waals surface area contributed by atoms with E-state index in [0.717, 1.165) is 6.08 Å². The third kappa shape index (κ3) is 2.26. The molecule has 4 nitrogen and oxygen atoms in total. The van der Waals surface area contributed by atoms with Gasteiger partial charge in [0, 0.05) is 11.6 Å². The summed E-state index contributed by atoms with van der Waals surface area (Å²) in [6, 6.07) is 2.69. The number of aromatic hydroxyl groups is 2. The number of rotatable bonds is 2. The summed E-state index contributed by atoms with van der Waals surface area (Å²) in [5.74, 6) is -1.14. The summed E-state index contributed by atoms with van der Waals surface area (Å²) in [6.45, 7) is 1.62. The molecule has 0 saturated heterocycles. The average Bonchev–Trinajstić information content (AvgIpc) is 2.08. The van der Waals surface area contributed by atoms with Gasteiger partial charge in [-0.1, -0.05) is 0 Å². The number of phenols is 2. The van der Waals surface area contributed by atoms with Crippen molar-refractivity contribution in [3.8, 4) is 11.5 Å². The van der Waals surface area contributed by atoms with Crippen LogP contribution < -0.4 is 0 Å². The standard InChI is InChI=1S/C10H10O4/c1-6-4-8(11)5-7(10(6)14)2-3-9(12)13/h2-5,11,14H,1H3,(H,12,13). The highest BCUT2D eigenvalue weighted by Gasteiger charge is 2.03. The average molecular weight is 194 g/mol. The minimum atomic E-state index is -1.11. The highest BCUT2D eigenvalue weighted by Crippen LogP contribution is 2.27. The molecule has 0 radical (unpaired) electrons. The van der Waals surface area contributed by atoms with Crippen molar-refractivity contribution in [2.24, 2.45) is 0 Å². The van der Waals surface area contributed by atoms with Crippen molar-refractivity contribution < 1.29 is 20.1 Å². The van der Waals surface area contributed by atoms with E-state index in [1.807, 2.05) is 0 Å². The molecule has 0 fully saturated rings. The summed E-state index contributed by atoms with van der Waals surface area (Å²) in [7, 11) is 0. The van der Waals surface area contributed by atoms with Gasteiger partial charge in [0.2, 0.25) is 0 Å². The zero-order valence-corrected chi connectivity index (χ0v) is 7.56. The molecular weight excluding hydrogens is 184 g/mol. The van der Waals surface area contributed by atoms with Crippen molar-refractivity contribution in [1.29, 1.82) is 0 Å². The van der Waals surface area contributed by atoms with Crippen molar-refractivity contribution in [3.63, 3.8) is 0 Å². The van der Waals surface area contributed by atoms with Crippen LogP contribution in [0.5, 0.6) is 11.5 Å². The largest absolute Gasteiger partial charge is 0.508 e. The lowest BCUT2D eigenvalue weighted by molar-refractivity contribution is -0.131. The second-order valence-electron chi connectivity index (χ2n) is 2.87. The second-order valence-corrected chi connectivity index (χ2v) is 2.87. The highest BCUT2D eigenvalue weighted by molar-refractivity contribution is 5.86. The molecule has 0 amide bonds. The number of phenolic OH excluding ortho intramolecular Hbond substituents is 2. The first kappa shape index (κ1) is 10.1. The molecule has 0 saturated carbocycles. The van der Waals surface area contributed by atoms with E-state index >= 15 is 0 Å². The number of carboxylic acid groups (broad SMARTS) is 1. The first-order chi connectivity index (χ1) is 6.50. The molecule has 0 spiro atoms. The molecule has 0 heterocycles. The molecule has 74 valence electrons. The van der Waals surface area contributed by atoms with Crippen LogP contribution >= 0.6 is 0 Å². The number of aryl methyl sites for hydroxylation is 1. The maximum Gasteiger partial charge on any atom is 0.328 e. The lowest BCUT2D eigenvalue weighted by atomic mass is 10.1. The molecule has 0 aromatic heterocycles. The number of hydrogen-bond donors (Lipinski definition) is 3. The number of carboxylic acids is 1. The molecule has 1 aromatic rings. The SMILES string of the molecule is Cc1cc(O)cc(C=CC(=O)O)c1O. The number of carbonyl (C=O) groups is 1. The van der Waals surface area contributed by atoms with Crippen molar-refractivity contribution in [3.05, 3.63) is 29.3 Å². The van der Waals surface area contributed by atoms with Crippen LogP contribution in [0.2, 0.25) is 0 Å². The van der Waals surface area contributed by atoms with Gasteiger partial charge in [0.25, 0.3) is 0 Å². The van der Waals surface area contributed by atoms with Crippen LogP contribution in [0.15, 0.2) is 18.2 Å². The van der Waals surface area contributed by atoms with E-state index in [4.69, 9.17) is 5.11 Å². The normalized spacial score (nSPS) is 10.6. The molecule has 3 N–H and O–H groups in total. The summed E-state index contributed by atoms with van der Waals surface area (Å²) in [4.78, 5) is 10.2. The predicted molar refractivity (Wildman–Crippen MR) is 51.2 cm³/mol. The Morgan fingerprint density at radius 3 is 2.57 bits per heavy atom. The maximum absolute atomic E-state index is 10.2. The van der Waals surface area contributed by atoms with E-state index in [9.17, 15) is 15.0 Å². The van der Waals surface area contributed by atoms with Crippen molar-refractivity contribution in [2.45, 2.75) is 6.92 Å². The molecule has 0 atom stereocenters. The van der Waals surface area contributed by atoms with E-state index in [0.29, 0.717) is 5.56 Å². The van der Waals surface area contributed by atoms with Gasteiger partial charge in [-0.2, -0.15) is 0 Å². The van der Waals surface area contributed by atoms with E-state index in [1.54, 1.807) is 6.92 Å². The minimum Gasteiger partial charge on any atom is -0.508 e.